The molecule has 0 spiro atoms. The number of para-hydroxylation sites is 2. The number of aromatic amines is 4. The highest BCUT2D eigenvalue weighted by molar-refractivity contribution is 6.00. The summed E-state index contributed by atoms with van der Waals surface area (Å²) >= 11 is 0. The molecule has 2 aliphatic heterocycles. The zero-order valence-electron chi connectivity index (χ0n) is 49.4. The van der Waals surface area contributed by atoms with Crippen molar-refractivity contribution in [2.45, 2.75) is 119 Å². The molecule has 9 atom stereocenters. The van der Waals surface area contributed by atoms with Crippen LogP contribution in [0.3, 0.4) is 0 Å². The summed E-state index contributed by atoms with van der Waals surface area (Å²) in [6.45, 7) is -0.0174. The van der Waals surface area contributed by atoms with Gasteiger partial charge in [0.2, 0.25) is 65.0 Å². The SMILES string of the molecule is C[C@@H](NC(=O)[C@H](Cc1cnc[nH]1)NC(=O)[C@H](CO)NC(=O)[C@H](Cc1c[nH]c2ccccc12)NC(=O)[C@H](Cc1cnc[nH]1)NC(=O)[C@@H]1CCC(=O)N1)C(=O)N[C@@H](Cc1c[nH]c2ccccc12)C(=O)N[C@@H](Cc1ccc(O)cc1)C(=O)N1CCC[C@H]1C(=O)NCC(N)=O. The summed E-state index contributed by atoms with van der Waals surface area (Å²) in [5.41, 5.74) is 9.18. The first kappa shape index (κ1) is 64.6. The number of nitrogens with two attached hydrogens (primary N) is 1. The lowest BCUT2D eigenvalue weighted by atomic mass is 10.0. The van der Waals surface area contributed by atoms with Crippen LogP contribution < -0.4 is 53.6 Å². The van der Waals surface area contributed by atoms with Crippen LogP contribution in [0, 0.1) is 0 Å². The summed E-state index contributed by atoms with van der Waals surface area (Å²) < 4.78 is 0. The van der Waals surface area contributed by atoms with Crippen molar-refractivity contribution in [2.75, 3.05) is 19.7 Å². The second-order valence-corrected chi connectivity index (χ2v) is 22.4. The molecule has 0 unspecified atom stereocenters. The third kappa shape index (κ3) is 16.8. The number of aromatic hydroxyl groups is 1. The van der Waals surface area contributed by atoms with E-state index >= 15 is 0 Å². The number of fused-ring (bicyclic) bond motifs is 2. The molecule has 4 aromatic heterocycles. The number of nitrogens with one attached hydrogen (secondary N) is 13. The molecule has 0 bridgehead atoms. The number of H-pyrrole nitrogens is 4. The van der Waals surface area contributed by atoms with E-state index in [4.69, 9.17) is 5.73 Å². The van der Waals surface area contributed by atoms with Crippen molar-refractivity contribution in [3.63, 3.8) is 0 Å². The standard InChI is InChI=1S/C61H71N17O13/c1-32(53(83)72-44(20-34-24-65-41-9-4-2-7-39(34)41)56(86)76-48(19-33-12-14-38(80)15-13-33)61(91)78-18-6-11-50(78)60(90)67-28-51(62)81)70-55(85)46(22-36-26-63-30-68-36)75-59(89)49(29-79)77-57(87)45(21-35-25-66-42-10-5-3-8-40(35)42)73-58(88)47(23-37-27-64-31-69-37)74-54(84)43-16-17-52(82)71-43/h2-5,7-10,12-15,24-27,30-32,43-50,65-66,79-80H,6,11,16-23,28-29H2,1H3,(H2,62,81)(H,63,68)(H,64,69)(H,67,90)(H,70,85)(H,71,82)(H,72,83)(H,73,88)(H,74,84)(H,75,89)(H,76,86)(H,77,87)/t32-,43+,44+,45+,46+,47+,48+,49+,50+/m1/s1. The van der Waals surface area contributed by atoms with E-state index in [9.17, 15) is 63.0 Å². The van der Waals surface area contributed by atoms with Gasteiger partial charge in [0.15, 0.2) is 0 Å². The summed E-state index contributed by atoms with van der Waals surface area (Å²) in [6.07, 6.45) is 9.01. The Balaban J connectivity index is 0.916. The number of rotatable bonds is 29. The van der Waals surface area contributed by atoms with Gasteiger partial charge in [-0.1, -0.05) is 48.5 Å². The number of primary amides is 1. The van der Waals surface area contributed by atoms with Crippen LogP contribution in [-0.4, -0.2) is 184 Å². The monoisotopic (exact) mass is 1250 g/mol. The Morgan fingerprint density at radius 3 is 1.63 bits per heavy atom. The lowest BCUT2D eigenvalue weighted by Gasteiger charge is -2.30. The number of aliphatic hydroxyl groups excluding tert-OH is 1. The Morgan fingerprint density at radius 1 is 0.593 bits per heavy atom. The molecule has 0 aliphatic carbocycles. The molecule has 0 saturated carbocycles. The van der Waals surface area contributed by atoms with Gasteiger partial charge in [0.25, 0.3) is 0 Å². The number of phenolic OH excluding ortho intramolecular Hbond substituents is 1. The van der Waals surface area contributed by atoms with Crippen LogP contribution in [0.1, 0.15) is 60.7 Å². The largest absolute Gasteiger partial charge is 0.508 e. The number of carbonyl (C=O) groups is 11. The summed E-state index contributed by atoms with van der Waals surface area (Å²) in [6, 6.07) is 8.10. The number of likely N-dealkylation sites (tertiary alicyclic amines) is 1. The number of amides is 11. The average Bonchev–Trinajstić information content (AvgIpc) is 2.19. The van der Waals surface area contributed by atoms with E-state index in [-0.39, 0.29) is 69.6 Å². The molecule has 2 saturated heterocycles. The minimum atomic E-state index is -1.76. The Morgan fingerprint density at radius 2 is 1.10 bits per heavy atom. The topological polar surface area (TPSA) is 455 Å². The molecule has 2 aliphatic rings. The van der Waals surface area contributed by atoms with Crippen molar-refractivity contribution in [1.29, 1.82) is 0 Å². The van der Waals surface area contributed by atoms with Crippen LogP contribution in [0.15, 0.2) is 110 Å². The van der Waals surface area contributed by atoms with E-state index in [2.05, 4.69) is 77.8 Å². The molecule has 2 fully saturated rings. The minimum Gasteiger partial charge on any atom is -0.508 e. The molecule has 3 aromatic carbocycles. The van der Waals surface area contributed by atoms with E-state index in [1.807, 2.05) is 12.1 Å². The van der Waals surface area contributed by atoms with Gasteiger partial charge < -0.3 is 88.6 Å². The van der Waals surface area contributed by atoms with Gasteiger partial charge in [0.05, 0.1) is 25.8 Å². The first-order valence-corrected chi connectivity index (χ1v) is 29.5. The second kappa shape index (κ2) is 29.9. The Bertz CT molecular complexity index is 3770. The van der Waals surface area contributed by atoms with Gasteiger partial charge in [0, 0.05) is 103 Å². The summed E-state index contributed by atoms with van der Waals surface area (Å²) in [5, 5.41) is 45.8. The number of phenols is 1. The molecule has 478 valence electrons. The smallest absolute Gasteiger partial charge is 0.246 e. The van der Waals surface area contributed by atoms with Crippen molar-refractivity contribution < 1.29 is 63.0 Å². The van der Waals surface area contributed by atoms with Crippen LogP contribution in [0.25, 0.3) is 21.8 Å². The minimum absolute atomic E-state index is 0.0552. The fourth-order valence-electron chi connectivity index (χ4n) is 11.0. The van der Waals surface area contributed by atoms with Gasteiger partial charge in [-0.15, -0.1) is 0 Å². The maximum atomic E-state index is 14.8. The molecule has 91 heavy (non-hydrogen) atoms. The zero-order valence-corrected chi connectivity index (χ0v) is 49.4. The Hall–Kier alpha value is -10.9. The van der Waals surface area contributed by atoms with Gasteiger partial charge >= 0.3 is 0 Å². The number of imidazole rings is 2. The summed E-state index contributed by atoms with van der Waals surface area (Å²) in [7, 11) is 0. The van der Waals surface area contributed by atoms with E-state index in [1.54, 1.807) is 60.9 Å². The number of carbonyl (C=O) groups excluding carboxylic acids is 11. The van der Waals surface area contributed by atoms with Crippen molar-refractivity contribution in [1.82, 2.24) is 82.7 Å². The number of hydrogen-bond acceptors (Lipinski definition) is 15. The first-order valence-electron chi connectivity index (χ1n) is 29.5. The predicted molar refractivity (Wildman–Crippen MR) is 325 cm³/mol. The second-order valence-electron chi connectivity index (χ2n) is 22.4. The van der Waals surface area contributed by atoms with Crippen molar-refractivity contribution >= 4 is 86.8 Å². The summed E-state index contributed by atoms with van der Waals surface area (Å²) in [5.74, 6) is -8.56. The van der Waals surface area contributed by atoms with Crippen molar-refractivity contribution in [3.8, 4) is 5.75 Å². The number of nitrogens with zero attached hydrogens (tertiary/aromatic N) is 3. The van der Waals surface area contributed by atoms with Gasteiger partial charge in [-0.05, 0) is 67.1 Å². The van der Waals surface area contributed by atoms with Gasteiger partial charge in [-0.25, -0.2) is 9.97 Å². The first-order chi connectivity index (χ1) is 43.8. The molecule has 0 radical (unpaired) electrons. The molecule has 9 rings (SSSR count). The highest BCUT2D eigenvalue weighted by Gasteiger charge is 2.40. The van der Waals surface area contributed by atoms with Crippen LogP contribution >= 0.6 is 0 Å². The van der Waals surface area contributed by atoms with E-state index in [0.717, 1.165) is 5.52 Å². The molecular formula is C61H71N17O13. The van der Waals surface area contributed by atoms with Crippen LogP contribution in [0.2, 0.25) is 0 Å². The lowest BCUT2D eigenvalue weighted by molar-refractivity contribution is -0.142. The van der Waals surface area contributed by atoms with Gasteiger partial charge in [-0.3, -0.25) is 52.7 Å². The Kier molecular flexibility index (Phi) is 21.2. The number of aliphatic hydroxyl groups is 1. The molecule has 7 aromatic rings. The summed E-state index contributed by atoms with van der Waals surface area (Å²) in [4.78, 5) is 173. The average molecular weight is 1250 g/mol. The molecule has 6 heterocycles. The molecule has 17 N–H and O–H groups in total. The molecular weight excluding hydrogens is 1180 g/mol. The zero-order chi connectivity index (χ0) is 64.7. The van der Waals surface area contributed by atoms with Gasteiger partial charge in [0.1, 0.15) is 60.1 Å². The van der Waals surface area contributed by atoms with Gasteiger partial charge in [-0.2, -0.15) is 0 Å². The number of hydrogen-bond donors (Lipinski definition) is 16. The van der Waals surface area contributed by atoms with E-state index in [1.165, 1.54) is 49.0 Å². The van der Waals surface area contributed by atoms with Crippen molar-refractivity contribution in [3.05, 3.63) is 138 Å². The molecule has 11 amide bonds. The number of benzene rings is 3. The third-order valence-corrected chi connectivity index (χ3v) is 15.8. The van der Waals surface area contributed by atoms with Crippen LogP contribution in [-0.2, 0) is 84.8 Å². The van der Waals surface area contributed by atoms with E-state index < -0.39 is 127 Å². The predicted octanol–water partition coefficient (Wildman–Crippen LogP) is -2.41. The third-order valence-electron chi connectivity index (χ3n) is 15.8. The number of aromatic nitrogens is 6. The fraction of sp³-hybridized carbons (Fsp3) is 0.361. The van der Waals surface area contributed by atoms with Crippen LogP contribution in [0.5, 0.6) is 5.75 Å². The van der Waals surface area contributed by atoms with Crippen molar-refractivity contribution in [2.24, 2.45) is 5.73 Å². The highest BCUT2D eigenvalue weighted by Crippen LogP contribution is 2.24. The quantitative estimate of drug-likeness (QED) is 0.0232. The lowest BCUT2D eigenvalue weighted by Crippen LogP contribution is -2.61. The van der Waals surface area contributed by atoms with Crippen LogP contribution in [0.4, 0.5) is 0 Å². The van der Waals surface area contributed by atoms with E-state index in [0.29, 0.717) is 50.8 Å². The molecule has 30 heteroatoms. The maximum Gasteiger partial charge on any atom is 0.246 e. The highest BCUT2D eigenvalue weighted by atomic mass is 16.3. The Labute approximate surface area is 519 Å². The normalized spacial score (nSPS) is 16.9. The molecule has 30 nitrogen and oxygen atoms in total. The maximum absolute atomic E-state index is 14.8. The fourth-order valence-corrected chi connectivity index (χ4v) is 11.0.